The molecule has 0 aromatic carbocycles. The van der Waals surface area contributed by atoms with Gasteiger partial charge in [-0.1, -0.05) is 0 Å². The standard InChI is InChI=1S/2CH3.Hg.S/h2*1H3;;. The van der Waals surface area contributed by atoms with Gasteiger partial charge in [0.05, 0.1) is 0 Å². The Morgan fingerprint density at radius 1 is 1.50 bits per heavy atom. The normalized spacial score (nSPS) is 4.25. The van der Waals surface area contributed by atoms with Crippen LogP contribution in [0.4, 0.5) is 0 Å². The molecule has 0 radical (unpaired) electrons. The van der Waals surface area contributed by atoms with Crippen molar-refractivity contribution in [2.45, 2.75) is 8.86 Å². The summed E-state index contributed by atoms with van der Waals surface area (Å²) in [5.74, 6) is 0. The molecule has 0 fully saturated rings. The van der Waals surface area contributed by atoms with Gasteiger partial charge in [-0.3, -0.25) is 0 Å². The predicted molar refractivity (Wildman–Crippen MR) is 19.3 cm³/mol. The molecule has 2 heteroatoms. The van der Waals surface area contributed by atoms with Crippen LogP contribution in [0.25, 0.3) is 0 Å². The van der Waals surface area contributed by atoms with E-state index >= 15 is 0 Å². The average Bonchev–Trinajstić information content (AvgIpc) is 0.811. The second kappa shape index (κ2) is 2.40. The van der Waals surface area contributed by atoms with Crippen LogP contribution in [0.15, 0.2) is 0 Å². The molecule has 0 spiro atoms. The first-order valence-electron chi connectivity index (χ1n) is 1.70. The fourth-order valence-electron chi connectivity index (χ4n) is 0. The Hall–Kier alpha value is 1.16. The van der Waals surface area contributed by atoms with E-state index in [0.29, 0.717) is 0 Å². The molecular formula is C2H6HgS. The molecule has 4 heavy (non-hydrogen) atoms. The molecule has 0 saturated heterocycles. The van der Waals surface area contributed by atoms with Crippen molar-refractivity contribution in [3.05, 3.63) is 0 Å². The summed E-state index contributed by atoms with van der Waals surface area (Å²) < 4.78 is 4.43. The number of hydrogen-bond acceptors (Lipinski definition) is 1. The van der Waals surface area contributed by atoms with Gasteiger partial charge in [-0.2, -0.15) is 0 Å². The van der Waals surface area contributed by atoms with Gasteiger partial charge in [-0.25, -0.2) is 0 Å². The molecule has 0 aliphatic heterocycles. The summed E-state index contributed by atoms with van der Waals surface area (Å²) in [6.45, 7) is 0. The number of hydrogen-bond donors (Lipinski definition) is 0. The SMILES string of the molecule is [CH3][Hg]([CH3])=[S]. The van der Waals surface area contributed by atoms with E-state index in [0.717, 1.165) is 0 Å². The van der Waals surface area contributed by atoms with E-state index in [1.165, 1.54) is 0 Å². The molecule has 0 atom stereocenters. The van der Waals surface area contributed by atoms with Crippen LogP contribution >= 0.6 is 8.58 Å². The Morgan fingerprint density at radius 2 is 1.50 bits per heavy atom. The average molecular weight is 263 g/mol. The van der Waals surface area contributed by atoms with Crippen LogP contribution in [0.1, 0.15) is 0 Å². The van der Waals surface area contributed by atoms with Crippen LogP contribution in [0.2, 0.25) is 8.86 Å². The van der Waals surface area contributed by atoms with Gasteiger partial charge >= 0.3 is 38.4 Å². The zero-order chi connectivity index (χ0) is 3.58. The summed E-state index contributed by atoms with van der Waals surface area (Å²) >= 11 is -1.20. The summed E-state index contributed by atoms with van der Waals surface area (Å²) in [4.78, 5) is 0. The molecule has 0 unspecified atom stereocenters. The van der Waals surface area contributed by atoms with E-state index in [-0.39, 0.29) is 0 Å². The summed E-state index contributed by atoms with van der Waals surface area (Å²) in [5.41, 5.74) is 0. The van der Waals surface area contributed by atoms with Crippen molar-refractivity contribution in [1.29, 1.82) is 0 Å². The van der Waals surface area contributed by atoms with E-state index in [2.05, 4.69) is 8.86 Å². The molecule has 22 valence electrons. The maximum atomic E-state index is 4.85. The van der Waals surface area contributed by atoms with Gasteiger partial charge in [0.2, 0.25) is 0 Å². The van der Waals surface area contributed by atoms with Gasteiger partial charge in [0.1, 0.15) is 0 Å². The first kappa shape index (κ1) is 5.16. The van der Waals surface area contributed by atoms with Gasteiger partial charge in [0.25, 0.3) is 0 Å². The Balaban J connectivity index is 2.80. The molecule has 0 rings (SSSR count). The van der Waals surface area contributed by atoms with Crippen LogP contribution in [0.3, 0.4) is 0 Å². The van der Waals surface area contributed by atoms with E-state index < -0.39 is 20.9 Å². The molecule has 0 nitrogen and oxygen atoms in total. The van der Waals surface area contributed by atoms with Gasteiger partial charge < -0.3 is 0 Å². The third-order valence-electron chi connectivity index (χ3n) is 0. The summed E-state index contributed by atoms with van der Waals surface area (Å²) in [6, 6.07) is 0. The van der Waals surface area contributed by atoms with E-state index in [1.54, 1.807) is 0 Å². The van der Waals surface area contributed by atoms with E-state index in [4.69, 9.17) is 8.58 Å². The van der Waals surface area contributed by atoms with E-state index in [1.807, 2.05) is 0 Å². The summed E-state index contributed by atoms with van der Waals surface area (Å²) in [6.07, 6.45) is 0. The van der Waals surface area contributed by atoms with Crippen molar-refractivity contribution in [1.82, 2.24) is 0 Å². The van der Waals surface area contributed by atoms with Crippen molar-refractivity contribution >= 4 is 8.58 Å². The second-order valence-corrected chi connectivity index (χ2v) is 21.4. The van der Waals surface area contributed by atoms with Crippen molar-refractivity contribution in [2.24, 2.45) is 0 Å². The maximum absolute atomic E-state index is 4.85. The Labute approximate surface area is 38.3 Å². The Morgan fingerprint density at radius 3 is 1.50 bits per heavy atom. The molecule has 0 aliphatic rings. The number of rotatable bonds is 0. The zero-order valence-corrected chi connectivity index (χ0v) is 9.43. The van der Waals surface area contributed by atoms with Gasteiger partial charge in [0, 0.05) is 0 Å². The predicted octanol–water partition coefficient (Wildman–Crippen LogP) is 1.81. The monoisotopic (exact) mass is 264 g/mol. The molecule has 0 N–H and O–H groups in total. The molecule has 0 heterocycles. The van der Waals surface area contributed by atoms with Crippen molar-refractivity contribution in [2.75, 3.05) is 0 Å². The van der Waals surface area contributed by atoms with Crippen LogP contribution in [-0.4, -0.2) is 0 Å². The molecule has 0 saturated carbocycles. The first-order valence-corrected chi connectivity index (χ1v) is 20.0. The molecule has 0 aliphatic carbocycles. The Bertz CT molecular complexity index is 29.0. The van der Waals surface area contributed by atoms with Crippen LogP contribution in [0, 0.1) is 0 Å². The molecule has 0 aromatic rings. The van der Waals surface area contributed by atoms with Crippen molar-refractivity contribution in [3.8, 4) is 0 Å². The third-order valence-corrected chi connectivity index (χ3v) is 0. The Kier molecular flexibility index (Phi) is 3.09. The minimum absolute atomic E-state index is 1.20. The van der Waals surface area contributed by atoms with Crippen molar-refractivity contribution < 1.29 is 20.9 Å². The summed E-state index contributed by atoms with van der Waals surface area (Å²) in [7, 11) is 4.85. The molecule has 0 aromatic heterocycles. The van der Waals surface area contributed by atoms with Gasteiger partial charge in [-0.15, -0.1) is 0 Å². The first-order chi connectivity index (χ1) is 1.73. The van der Waals surface area contributed by atoms with Gasteiger partial charge in [0.15, 0.2) is 0 Å². The minimum atomic E-state index is -1.20. The van der Waals surface area contributed by atoms with E-state index in [9.17, 15) is 0 Å². The molecular weight excluding hydrogens is 257 g/mol. The topological polar surface area (TPSA) is 0 Å². The quantitative estimate of drug-likeness (QED) is 0.600. The zero-order valence-electron chi connectivity index (χ0n) is 3.12. The molecule has 0 bridgehead atoms. The van der Waals surface area contributed by atoms with Crippen LogP contribution < -0.4 is 0 Å². The van der Waals surface area contributed by atoms with Crippen LogP contribution in [-0.2, 0) is 20.9 Å². The summed E-state index contributed by atoms with van der Waals surface area (Å²) in [5, 5.41) is 0. The van der Waals surface area contributed by atoms with Crippen LogP contribution in [0.5, 0.6) is 0 Å². The second-order valence-electron chi connectivity index (χ2n) is 1.28. The molecule has 0 amide bonds. The fraction of sp³-hybridized carbons (Fsp3) is 1.00. The third kappa shape index (κ3) is 11.0. The van der Waals surface area contributed by atoms with Crippen molar-refractivity contribution in [3.63, 3.8) is 0 Å². The van der Waals surface area contributed by atoms with Gasteiger partial charge in [-0.05, 0) is 0 Å². The fourth-order valence-corrected chi connectivity index (χ4v) is 0.